The average molecular weight is 1800 g/mol. The van der Waals surface area contributed by atoms with E-state index in [0.29, 0.717) is 34.9 Å². The molecule has 0 aliphatic rings. The first-order valence-corrected chi connectivity index (χ1v) is 48.1. The van der Waals surface area contributed by atoms with Crippen LogP contribution < -0.4 is 0 Å². The van der Waals surface area contributed by atoms with Crippen molar-refractivity contribution in [3.8, 4) is 136 Å². The zero-order valence-electron chi connectivity index (χ0n) is 74.3. The number of hydrogen-bond acceptors (Lipinski definition) is 8. The molecule has 0 aliphatic carbocycles. The average Bonchev–Trinajstić information content (AvgIpc) is 1.57. The van der Waals surface area contributed by atoms with E-state index in [9.17, 15) is 0 Å². The quantitative estimate of drug-likeness (QED) is 0.108. The summed E-state index contributed by atoms with van der Waals surface area (Å²) < 4.78 is 14.4. The van der Waals surface area contributed by atoms with Crippen molar-refractivity contribution < 1.29 is 0 Å². The largest absolute Gasteiger partial charge is 0.309 e. The third kappa shape index (κ3) is 13.7. The van der Waals surface area contributed by atoms with Gasteiger partial charge in [-0.25, -0.2) is 29.9 Å². The molecule has 0 saturated carbocycles. The molecule has 28 aromatic rings. The third-order valence-corrected chi connectivity index (χ3v) is 29.5. The summed E-state index contributed by atoms with van der Waals surface area (Å²) in [6, 6.07) is 169. The van der Waals surface area contributed by atoms with Crippen LogP contribution in [0.4, 0.5) is 0 Å². The molecule has 28 rings (SSSR count). The molecule has 0 bridgehead atoms. The summed E-state index contributed by atoms with van der Waals surface area (Å²) in [6.07, 6.45) is 0. The fraction of sp³-hybridized carbons (Fsp3) is 0. The van der Waals surface area contributed by atoms with E-state index < -0.39 is 0 Å². The molecule has 0 fully saturated rings. The molecule has 8 heterocycles. The van der Waals surface area contributed by atoms with Gasteiger partial charge in [0.2, 0.25) is 0 Å². The molecule has 0 aliphatic heterocycles. The van der Waals surface area contributed by atoms with E-state index in [0.717, 1.165) is 93.2 Å². The molecule has 0 spiro atoms. The third-order valence-electron chi connectivity index (χ3n) is 27.1. The Balaban J connectivity index is 0.000000139. The van der Waals surface area contributed by atoms with E-state index in [1.165, 1.54) is 135 Å². The number of rotatable bonds is 14. The van der Waals surface area contributed by atoms with Crippen molar-refractivity contribution in [3.63, 3.8) is 0 Å². The van der Waals surface area contributed by atoms with E-state index in [1.54, 1.807) is 22.7 Å². The van der Waals surface area contributed by atoms with Gasteiger partial charge in [-0.1, -0.05) is 340 Å². The van der Waals surface area contributed by atoms with Gasteiger partial charge in [0.1, 0.15) is 0 Å². The molecule has 644 valence electrons. The van der Waals surface area contributed by atoms with Crippen molar-refractivity contribution in [3.05, 3.63) is 473 Å². The minimum absolute atomic E-state index is 0.637. The molecule has 0 amide bonds. The van der Waals surface area contributed by atoms with Gasteiger partial charge in [0, 0.05) is 140 Å². The normalized spacial score (nSPS) is 11.8. The predicted octanol–water partition coefficient (Wildman–Crippen LogP) is 33.5. The van der Waals surface area contributed by atoms with Crippen molar-refractivity contribution >= 4 is 150 Å². The van der Waals surface area contributed by atoms with Crippen LogP contribution in [0.1, 0.15) is 0 Å². The number of aromatic nitrogens is 10. The Hall–Kier alpha value is -17.9. The highest BCUT2D eigenvalue weighted by Crippen LogP contribution is 2.49. The van der Waals surface area contributed by atoms with Crippen LogP contribution in [-0.4, -0.2) is 48.2 Å². The van der Waals surface area contributed by atoms with Crippen LogP contribution in [0.2, 0.25) is 0 Å². The zero-order chi connectivity index (χ0) is 90.8. The summed E-state index contributed by atoms with van der Waals surface area (Å²) in [6.45, 7) is 0. The number of benzene rings is 20. The molecule has 0 N–H and O–H groups in total. The first-order chi connectivity index (χ1) is 68.4. The summed E-state index contributed by atoms with van der Waals surface area (Å²) in [5, 5.41) is 14.4. The number of thiophene rings is 2. The van der Waals surface area contributed by atoms with Gasteiger partial charge in [-0.3, -0.25) is 0 Å². The lowest BCUT2D eigenvalue weighted by atomic mass is 9.99. The van der Waals surface area contributed by atoms with E-state index in [4.69, 9.17) is 29.9 Å². The number of nitrogens with zero attached hydrogens (tertiary/aromatic N) is 10. The second-order valence-electron chi connectivity index (χ2n) is 35.2. The Morgan fingerprint density at radius 3 is 0.717 bits per heavy atom. The van der Waals surface area contributed by atoms with E-state index in [-0.39, 0.29) is 0 Å². The van der Waals surface area contributed by atoms with Crippen molar-refractivity contribution in [1.82, 2.24) is 48.2 Å². The number of fused-ring (bicyclic) bond motifs is 18. The van der Waals surface area contributed by atoms with Gasteiger partial charge < -0.3 is 18.3 Å². The molecular formula is C126H78N10S2. The molecule has 12 heteroatoms. The van der Waals surface area contributed by atoms with Gasteiger partial charge in [-0.05, 0) is 178 Å². The van der Waals surface area contributed by atoms with Gasteiger partial charge >= 0.3 is 0 Å². The fourth-order valence-corrected chi connectivity index (χ4v) is 23.1. The second kappa shape index (κ2) is 33.1. The zero-order valence-corrected chi connectivity index (χ0v) is 76.0. The Morgan fingerprint density at radius 2 is 0.377 bits per heavy atom. The van der Waals surface area contributed by atoms with Crippen LogP contribution in [0.3, 0.4) is 0 Å². The molecule has 138 heavy (non-hydrogen) atoms. The molecule has 0 saturated heterocycles. The fourth-order valence-electron chi connectivity index (χ4n) is 20.7. The monoisotopic (exact) mass is 1790 g/mol. The minimum atomic E-state index is 0.637. The van der Waals surface area contributed by atoms with Crippen LogP contribution in [0.25, 0.3) is 263 Å². The molecule has 10 nitrogen and oxygen atoms in total. The topological polar surface area (TPSA) is 97.1 Å². The second-order valence-corrected chi connectivity index (χ2v) is 37.3. The minimum Gasteiger partial charge on any atom is -0.309 e. The van der Waals surface area contributed by atoms with Crippen molar-refractivity contribution in [2.24, 2.45) is 0 Å². The summed E-state index contributed by atoms with van der Waals surface area (Å²) >= 11 is 3.58. The number of para-hydroxylation sites is 4. The van der Waals surface area contributed by atoms with Crippen LogP contribution in [0.5, 0.6) is 0 Å². The first kappa shape index (κ1) is 79.8. The van der Waals surface area contributed by atoms with E-state index in [1.807, 2.05) is 72.8 Å². The van der Waals surface area contributed by atoms with Gasteiger partial charge in [0.15, 0.2) is 34.9 Å². The van der Waals surface area contributed by atoms with Gasteiger partial charge in [0.25, 0.3) is 0 Å². The maximum absolute atomic E-state index is 5.30. The molecular weight excluding hydrogens is 1720 g/mol. The maximum Gasteiger partial charge on any atom is 0.165 e. The Kier molecular flexibility index (Phi) is 19.1. The maximum atomic E-state index is 5.30. The molecule has 0 unspecified atom stereocenters. The molecule has 0 atom stereocenters. The van der Waals surface area contributed by atoms with E-state index in [2.05, 4.69) is 419 Å². The smallest absolute Gasteiger partial charge is 0.165 e. The summed E-state index contributed by atoms with van der Waals surface area (Å²) in [5.74, 6) is 3.84. The highest BCUT2D eigenvalue weighted by Gasteiger charge is 2.27. The summed E-state index contributed by atoms with van der Waals surface area (Å²) in [5.41, 5.74) is 28.8. The Bertz CT molecular complexity index is 9580. The van der Waals surface area contributed by atoms with Crippen LogP contribution in [0.15, 0.2) is 473 Å². The van der Waals surface area contributed by atoms with Crippen molar-refractivity contribution in [2.75, 3.05) is 0 Å². The van der Waals surface area contributed by atoms with Gasteiger partial charge in [-0.15, -0.1) is 22.7 Å². The summed E-state index contributed by atoms with van der Waals surface area (Å²) in [7, 11) is 0. The lowest BCUT2D eigenvalue weighted by Gasteiger charge is -2.14. The molecule has 20 aromatic carbocycles. The summed E-state index contributed by atoms with van der Waals surface area (Å²) in [4.78, 5) is 31.2. The first-order valence-electron chi connectivity index (χ1n) is 46.5. The highest BCUT2D eigenvalue weighted by molar-refractivity contribution is 7.26. The van der Waals surface area contributed by atoms with Crippen LogP contribution in [0, 0.1) is 0 Å². The predicted molar refractivity (Wildman–Crippen MR) is 577 cm³/mol. The van der Waals surface area contributed by atoms with Crippen LogP contribution in [-0.2, 0) is 0 Å². The molecule has 0 radical (unpaired) electrons. The highest BCUT2D eigenvalue weighted by atomic mass is 32.1. The lowest BCUT2D eigenvalue weighted by molar-refractivity contribution is 1.07. The Labute approximate surface area is 801 Å². The van der Waals surface area contributed by atoms with Gasteiger partial charge in [0.05, 0.1) is 44.1 Å². The standard InChI is InChI=1S/2C63H39N5S/c1-5-17-40(18-6-1)45-29-32-49-52-36-44(30-33-56(52)67(58(49)37-45)46-23-11-4-12-24-46)43-31-34-57-51(35-43)48-25-13-15-27-55(48)68(57)47-38-53-50-26-14-16-28-59(50)69-60(53)54(39-47)63-65-61(41-19-7-2-8-20-41)64-62(66-63)42-21-9-3-10-22-42;1-5-17-40(18-6-1)45-29-32-49-52-36-44(43-30-33-56-51(35-43)48-25-13-15-27-55(48)67(56)46-23-11-4-12-24-46)31-34-57(52)68(58(49)37-45)47-38-53-50-26-14-16-28-59(50)69-60(53)54(39-47)63-65-61(41-19-7-2-8-20-41)64-62(66-63)42-21-9-3-10-22-42/h2*1-39H. The van der Waals surface area contributed by atoms with Crippen LogP contribution >= 0.6 is 22.7 Å². The molecule has 8 aromatic heterocycles. The SMILES string of the molecule is c1ccc(-c2ccc3c4cc(-c5ccc6c(c5)c5ccccc5n6-c5cc(-c6nc(-c7ccccc7)nc(-c7ccccc7)n6)c6sc7ccccc7c6c5)ccc4n(-c4ccccc4)c3c2)cc1.c1ccc(-c2ccc3c4cc(-c5ccc6c(c5)c5ccccc5n6-c5ccccc5)ccc4n(-c4cc(-c5nc(-c6ccccc6)nc(-c6ccccc6)n5)c5sc6ccccc6c5c4)c3c2)cc1. The van der Waals surface area contributed by atoms with Gasteiger partial charge in [-0.2, -0.15) is 0 Å². The van der Waals surface area contributed by atoms with E-state index >= 15 is 0 Å². The van der Waals surface area contributed by atoms with Crippen molar-refractivity contribution in [2.45, 2.75) is 0 Å². The number of hydrogen-bond donors (Lipinski definition) is 0. The lowest BCUT2D eigenvalue weighted by Crippen LogP contribution is -2.01. The van der Waals surface area contributed by atoms with Crippen molar-refractivity contribution in [1.29, 1.82) is 0 Å². The Morgan fingerprint density at radius 1 is 0.138 bits per heavy atom.